The largest absolute Gasteiger partial charge is 0.399 e. The van der Waals surface area contributed by atoms with Gasteiger partial charge in [-0.05, 0) is 59.3 Å². The van der Waals surface area contributed by atoms with Gasteiger partial charge in [-0.15, -0.1) is 5.10 Å². The van der Waals surface area contributed by atoms with E-state index in [1.54, 1.807) is 11.8 Å². The van der Waals surface area contributed by atoms with Gasteiger partial charge in [0.15, 0.2) is 0 Å². The minimum Gasteiger partial charge on any atom is -0.399 e. The van der Waals surface area contributed by atoms with Crippen molar-refractivity contribution in [2.45, 2.75) is 41.8 Å². The molecule has 0 radical (unpaired) electrons. The highest BCUT2D eigenvalue weighted by atomic mass is 32.2. The van der Waals surface area contributed by atoms with E-state index < -0.39 is 0 Å². The number of hydrogen-bond donors (Lipinski definition) is 1. The third-order valence-electron chi connectivity index (χ3n) is 3.22. The van der Waals surface area contributed by atoms with E-state index >= 15 is 0 Å². The standard InChI is InChI=1S/C12H15N5S/c13-9-5-7-11(8-6-9)18-12-14-15-16-17(12)10-3-1-2-4-10/h5-8,10H,1-4,13H2. The second-order valence-electron chi connectivity index (χ2n) is 4.52. The van der Waals surface area contributed by atoms with Gasteiger partial charge in [0.1, 0.15) is 0 Å². The molecule has 2 N–H and O–H groups in total. The van der Waals surface area contributed by atoms with Crippen LogP contribution in [-0.4, -0.2) is 20.2 Å². The Balaban J connectivity index is 1.80. The van der Waals surface area contributed by atoms with E-state index in [2.05, 4.69) is 15.5 Å². The van der Waals surface area contributed by atoms with Gasteiger partial charge in [-0.1, -0.05) is 12.8 Å². The maximum atomic E-state index is 5.67. The van der Waals surface area contributed by atoms with Crippen molar-refractivity contribution < 1.29 is 0 Å². The third kappa shape index (κ3) is 2.33. The molecule has 0 aliphatic heterocycles. The topological polar surface area (TPSA) is 69.6 Å². The van der Waals surface area contributed by atoms with Crippen LogP contribution in [0.1, 0.15) is 31.7 Å². The SMILES string of the molecule is Nc1ccc(Sc2nnnn2C2CCCC2)cc1. The van der Waals surface area contributed by atoms with Gasteiger partial charge in [-0.2, -0.15) is 0 Å². The Morgan fingerprint density at radius 3 is 2.61 bits per heavy atom. The molecule has 1 aromatic heterocycles. The summed E-state index contributed by atoms with van der Waals surface area (Å²) < 4.78 is 1.97. The van der Waals surface area contributed by atoms with E-state index in [1.165, 1.54) is 25.7 Å². The van der Waals surface area contributed by atoms with Crippen molar-refractivity contribution in [3.05, 3.63) is 24.3 Å². The Bertz CT molecular complexity index is 516. The van der Waals surface area contributed by atoms with Gasteiger partial charge < -0.3 is 5.73 Å². The molecule has 1 heterocycles. The highest BCUT2D eigenvalue weighted by molar-refractivity contribution is 7.99. The number of rotatable bonds is 3. The molecule has 0 saturated heterocycles. The van der Waals surface area contributed by atoms with Crippen LogP contribution in [0.5, 0.6) is 0 Å². The minimum absolute atomic E-state index is 0.469. The monoisotopic (exact) mass is 261 g/mol. The predicted octanol–water partition coefficient (Wildman–Crippen LogP) is 2.52. The number of nitrogen functional groups attached to an aromatic ring is 1. The number of hydrogen-bond acceptors (Lipinski definition) is 5. The zero-order chi connectivity index (χ0) is 12.4. The van der Waals surface area contributed by atoms with Crippen molar-refractivity contribution in [3.63, 3.8) is 0 Å². The smallest absolute Gasteiger partial charge is 0.214 e. The van der Waals surface area contributed by atoms with E-state index in [0.717, 1.165) is 15.7 Å². The summed E-state index contributed by atoms with van der Waals surface area (Å²) in [6.45, 7) is 0. The van der Waals surface area contributed by atoms with Gasteiger partial charge in [0, 0.05) is 10.6 Å². The van der Waals surface area contributed by atoms with Crippen LogP contribution in [0.3, 0.4) is 0 Å². The van der Waals surface area contributed by atoms with Crippen LogP contribution in [0.4, 0.5) is 5.69 Å². The van der Waals surface area contributed by atoms with Gasteiger partial charge in [0.05, 0.1) is 6.04 Å². The fourth-order valence-corrected chi connectivity index (χ4v) is 3.11. The highest BCUT2D eigenvalue weighted by Crippen LogP contribution is 2.33. The maximum absolute atomic E-state index is 5.67. The summed E-state index contributed by atoms with van der Waals surface area (Å²) in [5.74, 6) is 0. The summed E-state index contributed by atoms with van der Waals surface area (Å²) in [6.07, 6.45) is 4.91. The molecule has 1 aromatic carbocycles. The molecule has 1 aliphatic rings. The number of anilines is 1. The molecule has 0 atom stereocenters. The molecule has 1 aliphatic carbocycles. The third-order valence-corrected chi connectivity index (χ3v) is 4.18. The van der Waals surface area contributed by atoms with Crippen LogP contribution in [0.2, 0.25) is 0 Å². The van der Waals surface area contributed by atoms with Gasteiger partial charge in [0.2, 0.25) is 5.16 Å². The van der Waals surface area contributed by atoms with E-state index in [-0.39, 0.29) is 0 Å². The summed E-state index contributed by atoms with van der Waals surface area (Å²) in [5, 5.41) is 12.9. The molecule has 1 saturated carbocycles. The Kier molecular flexibility index (Phi) is 3.19. The van der Waals surface area contributed by atoms with E-state index in [0.29, 0.717) is 6.04 Å². The molecule has 3 rings (SSSR count). The van der Waals surface area contributed by atoms with E-state index in [9.17, 15) is 0 Å². The number of tetrazole rings is 1. The van der Waals surface area contributed by atoms with Crippen LogP contribution >= 0.6 is 11.8 Å². The molecule has 0 spiro atoms. The van der Waals surface area contributed by atoms with Crippen LogP contribution in [-0.2, 0) is 0 Å². The van der Waals surface area contributed by atoms with Crippen molar-refractivity contribution in [2.24, 2.45) is 0 Å². The second kappa shape index (κ2) is 4.97. The Morgan fingerprint density at radius 2 is 1.89 bits per heavy atom. The van der Waals surface area contributed by atoms with Crippen molar-refractivity contribution in [2.75, 3.05) is 5.73 Å². The van der Waals surface area contributed by atoms with Crippen molar-refractivity contribution in [3.8, 4) is 0 Å². The lowest BCUT2D eigenvalue weighted by Crippen LogP contribution is -2.08. The van der Waals surface area contributed by atoms with Crippen LogP contribution in [0, 0.1) is 0 Å². The fraction of sp³-hybridized carbons (Fsp3) is 0.417. The molecule has 0 unspecified atom stereocenters. The zero-order valence-corrected chi connectivity index (χ0v) is 10.8. The van der Waals surface area contributed by atoms with E-state index in [1.807, 2.05) is 28.9 Å². The zero-order valence-electron chi connectivity index (χ0n) is 9.99. The normalized spacial score (nSPS) is 16.2. The summed E-state index contributed by atoms with van der Waals surface area (Å²) >= 11 is 1.59. The maximum Gasteiger partial charge on any atom is 0.214 e. The van der Waals surface area contributed by atoms with Crippen molar-refractivity contribution in [1.82, 2.24) is 20.2 Å². The second-order valence-corrected chi connectivity index (χ2v) is 5.56. The summed E-state index contributed by atoms with van der Waals surface area (Å²) in [7, 11) is 0. The number of nitrogens with zero attached hydrogens (tertiary/aromatic N) is 4. The fourth-order valence-electron chi connectivity index (χ4n) is 2.27. The van der Waals surface area contributed by atoms with Crippen LogP contribution in [0.25, 0.3) is 0 Å². The summed E-state index contributed by atoms with van der Waals surface area (Å²) in [4.78, 5) is 1.11. The molecule has 18 heavy (non-hydrogen) atoms. The molecule has 94 valence electrons. The molecule has 2 aromatic rings. The summed E-state index contributed by atoms with van der Waals surface area (Å²) in [5.41, 5.74) is 6.45. The van der Waals surface area contributed by atoms with Crippen LogP contribution in [0.15, 0.2) is 34.3 Å². The van der Waals surface area contributed by atoms with Gasteiger partial charge in [-0.3, -0.25) is 0 Å². The van der Waals surface area contributed by atoms with Gasteiger partial charge in [-0.25, -0.2) is 4.68 Å². The Labute approximate surface area is 110 Å². The van der Waals surface area contributed by atoms with E-state index in [4.69, 9.17) is 5.73 Å². The Hall–Kier alpha value is -1.56. The minimum atomic E-state index is 0.469. The first-order valence-corrected chi connectivity index (χ1v) is 6.96. The number of nitrogens with two attached hydrogens (primary N) is 1. The van der Waals surface area contributed by atoms with Gasteiger partial charge >= 0.3 is 0 Å². The first-order chi connectivity index (χ1) is 8.83. The number of benzene rings is 1. The molecule has 6 heteroatoms. The lowest BCUT2D eigenvalue weighted by atomic mass is 10.3. The Morgan fingerprint density at radius 1 is 1.17 bits per heavy atom. The molecular formula is C12H15N5S. The average Bonchev–Trinajstić information content (AvgIpc) is 3.02. The quantitative estimate of drug-likeness (QED) is 0.860. The van der Waals surface area contributed by atoms with Crippen LogP contribution < -0.4 is 5.73 Å². The average molecular weight is 261 g/mol. The predicted molar refractivity (Wildman–Crippen MR) is 70.3 cm³/mol. The number of aromatic nitrogens is 4. The lowest BCUT2D eigenvalue weighted by Gasteiger charge is -2.10. The molecular weight excluding hydrogens is 246 g/mol. The molecule has 0 bridgehead atoms. The van der Waals surface area contributed by atoms with Gasteiger partial charge in [0.25, 0.3) is 0 Å². The summed E-state index contributed by atoms with van der Waals surface area (Å²) in [6, 6.07) is 8.25. The highest BCUT2D eigenvalue weighted by Gasteiger charge is 2.21. The lowest BCUT2D eigenvalue weighted by molar-refractivity contribution is 0.423. The van der Waals surface area contributed by atoms with Crippen molar-refractivity contribution in [1.29, 1.82) is 0 Å². The molecule has 0 amide bonds. The molecule has 5 nitrogen and oxygen atoms in total. The first-order valence-electron chi connectivity index (χ1n) is 6.14. The first kappa shape index (κ1) is 11.5. The van der Waals surface area contributed by atoms with Crippen molar-refractivity contribution >= 4 is 17.4 Å². The molecule has 1 fully saturated rings.